The molecule has 27 heavy (non-hydrogen) atoms. The number of oxazole rings is 1. The van der Waals surface area contributed by atoms with Crippen LogP contribution in [0.1, 0.15) is 24.1 Å². The maximum absolute atomic E-state index is 11.4. The highest BCUT2D eigenvalue weighted by molar-refractivity contribution is 5.73. The van der Waals surface area contributed by atoms with Crippen LogP contribution in [0.25, 0.3) is 12.2 Å². The zero-order valence-corrected chi connectivity index (χ0v) is 14.7. The van der Waals surface area contributed by atoms with Gasteiger partial charge in [0, 0.05) is 51.3 Å². The van der Waals surface area contributed by atoms with Crippen LogP contribution in [0.4, 0.5) is 11.6 Å². The minimum atomic E-state index is -0.459. The third-order valence-electron chi connectivity index (χ3n) is 4.27. The summed E-state index contributed by atoms with van der Waals surface area (Å²) in [6.45, 7) is 3.79. The lowest BCUT2D eigenvalue weighted by molar-refractivity contribution is -0.384. The molecule has 0 N–H and O–H groups in total. The lowest BCUT2D eigenvalue weighted by Gasteiger charge is -2.33. The molecule has 0 spiro atoms. The molecule has 1 aliphatic rings. The van der Waals surface area contributed by atoms with Crippen LogP contribution in [0, 0.1) is 21.4 Å². The molecule has 2 aromatic rings. The number of piperazine rings is 1. The smallest absolute Gasteiger partial charge is 0.269 e. The fraction of sp³-hybridized carbons (Fsp3) is 0.278. The van der Waals surface area contributed by atoms with Gasteiger partial charge in [-0.3, -0.25) is 14.9 Å². The Balaban J connectivity index is 1.74. The lowest BCUT2D eigenvalue weighted by atomic mass is 10.2. The van der Waals surface area contributed by atoms with Gasteiger partial charge in [0.25, 0.3) is 5.69 Å². The topological polar surface area (TPSA) is 117 Å². The molecule has 1 aliphatic heterocycles. The number of carbonyl (C=O) groups is 1. The minimum Gasteiger partial charge on any atom is -0.420 e. The van der Waals surface area contributed by atoms with E-state index in [0.29, 0.717) is 32.1 Å². The predicted octanol–water partition coefficient (Wildman–Crippen LogP) is 2.29. The molecule has 1 aromatic heterocycles. The van der Waals surface area contributed by atoms with Crippen molar-refractivity contribution in [1.82, 2.24) is 9.88 Å². The number of aromatic nitrogens is 1. The molecule has 1 fully saturated rings. The fourth-order valence-corrected chi connectivity index (χ4v) is 2.79. The van der Waals surface area contributed by atoms with Gasteiger partial charge < -0.3 is 14.2 Å². The first-order chi connectivity index (χ1) is 13.0. The number of rotatable bonds is 4. The molecule has 9 nitrogen and oxygen atoms in total. The van der Waals surface area contributed by atoms with Gasteiger partial charge in [0.05, 0.1) is 4.92 Å². The number of nitro benzene ring substituents is 1. The number of amides is 1. The van der Waals surface area contributed by atoms with Crippen molar-refractivity contribution in [2.75, 3.05) is 31.1 Å². The number of nitriles is 1. The molecule has 0 aliphatic carbocycles. The number of non-ortho nitro benzene ring substituents is 1. The van der Waals surface area contributed by atoms with Gasteiger partial charge >= 0.3 is 0 Å². The Hall–Kier alpha value is -3.67. The van der Waals surface area contributed by atoms with Crippen molar-refractivity contribution in [3.63, 3.8) is 0 Å². The van der Waals surface area contributed by atoms with E-state index in [-0.39, 0.29) is 23.2 Å². The van der Waals surface area contributed by atoms with E-state index in [2.05, 4.69) is 4.98 Å². The van der Waals surface area contributed by atoms with E-state index >= 15 is 0 Å². The molecule has 1 aromatic carbocycles. The van der Waals surface area contributed by atoms with Gasteiger partial charge in [-0.2, -0.15) is 10.2 Å². The number of hydrogen-bond acceptors (Lipinski definition) is 7. The van der Waals surface area contributed by atoms with Gasteiger partial charge in [0.1, 0.15) is 6.07 Å². The third kappa shape index (κ3) is 4.12. The van der Waals surface area contributed by atoms with Crippen molar-refractivity contribution in [2.45, 2.75) is 6.92 Å². The van der Waals surface area contributed by atoms with Crippen LogP contribution >= 0.6 is 0 Å². The average molecular weight is 367 g/mol. The lowest BCUT2D eigenvalue weighted by Crippen LogP contribution is -2.48. The molecule has 0 saturated carbocycles. The first kappa shape index (κ1) is 18.1. The summed E-state index contributed by atoms with van der Waals surface area (Å²) in [6, 6.07) is 8.09. The van der Waals surface area contributed by atoms with E-state index in [1.807, 2.05) is 11.0 Å². The van der Waals surface area contributed by atoms with E-state index in [1.165, 1.54) is 19.1 Å². The molecular formula is C18H17N5O4. The Morgan fingerprint density at radius 3 is 2.48 bits per heavy atom. The summed E-state index contributed by atoms with van der Waals surface area (Å²) >= 11 is 0. The van der Waals surface area contributed by atoms with Crippen molar-refractivity contribution in [3.8, 4) is 6.07 Å². The maximum atomic E-state index is 11.4. The standard InChI is InChI=1S/C18H17N5O4/c1-13(24)21-8-10-22(11-9-21)18-16(12-19)20-17(27-18)7-4-14-2-5-15(6-3-14)23(25)26/h2-7H,8-11H2,1H3/b7-4+. The van der Waals surface area contributed by atoms with Gasteiger partial charge in [-0.25, -0.2) is 0 Å². The Morgan fingerprint density at radius 2 is 1.93 bits per heavy atom. The van der Waals surface area contributed by atoms with Crippen molar-refractivity contribution in [3.05, 3.63) is 51.5 Å². The molecular weight excluding hydrogens is 350 g/mol. The second kappa shape index (κ2) is 7.70. The van der Waals surface area contributed by atoms with Crippen LogP contribution in [-0.2, 0) is 4.79 Å². The van der Waals surface area contributed by atoms with E-state index in [4.69, 9.17) is 4.42 Å². The molecule has 1 saturated heterocycles. The van der Waals surface area contributed by atoms with Gasteiger partial charge in [-0.05, 0) is 23.8 Å². The van der Waals surface area contributed by atoms with E-state index in [0.717, 1.165) is 5.56 Å². The first-order valence-electron chi connectivity index (χ1n) is 8.32. The Kier molecular flexibility index (Phi) is 5.17. The van der Waals surface area contributed by atoms with Crippen LogP contribution < -0.4 is 4.90 Å². The maximum Gasteiger partial charge on any atom is 0.269 e. The number of nitrogens with zero attached hydrogens (tertiary/aromatic N) is 5. The second-order valence-corrected chi connectivity index (χ2v) is 5.99. The fourth-order valence-electron chi connectivity index (χ4n) is 2.79. The van der Waals surface area contributed by atoms with Gasteiger partial charge in [0.15, 0.2) is 0 Å². The molecule has 0 bridgehead atoms. The summed E-state index contributed by atoms with van der Waals surface area (Å²) in [4.78, 5) is 29.5. The van der Waals surface area contributed by atoms with Crippen molar-refractivity contribution in [1.29, 1.82) is 5.26 Å². The van der Waals surface area contributed by atoms with Gasteiger partial charge in [-0.1, -0.05) is 0 Å². The summed E-state index contributed by atoms with van der Waals surface area (Å²) in [7, 11) is 0. The zero-order valence-electron chi connectivity index (χ0n) is 14.7. The highest BCUT2D eigenvalue weighted by Crippen LogP contribution is 2.24. The molecule has 138 valence electrons. The normalized spacial score (nSPS) is 14.4. The van der Waals surface area contributed by atoms with Crippen molar-refractivity contribution in [2.24, 2.45) is 0 Å². The Morgan fingerprint density at radius 1 is 1.26 bits per heavy atom. The average Bonchev–Trinajstić information content (AvgIpc) is 3.10. The molecule has 0 radical (unpaired) electrons. The second-order valence-electron chi connectivity index (χ2n) is 5.99. The Labute approximate surface area is 155 Å². The number of nitro groups is 1. The van der Waals surface area contributed by atoms with Crippen molar-refractivity contribution < 1.29 is 14.1 Å². The third-order valence-corrected chi connectivity index (χ3v) is 4.27. The van der Waals surface area contributed by atoms with Crippen LogP contribution in [0.2, 0.25) is 0 Å². The van der Waals surface area contributed by atoms with E-state index in [1.54, 1.807) is 29.2 Å². The predicted molar refractivity (Wildman–Crippen MR) is 97.7 cm³/mol. The first-order valence-corrected chi connectivity index (χ1v) is 8.32. The summed E-state index contributed by atoms with van der Waals surface area (Å²) in [6.07, 6.45) is 3.31. The highest BCUT2D eigenvalue weighted by atomic mass is 16.6. The van der Waals surface area contributed by atoms with E-state index < -0.39 is 4.92 Å². The molecule has 0 unspecified atom stereocenters. The van der Waals surface area contributed by atoms with Crippen molar-refractivity contribution >= 4 is 29.6 Å². The van der Waals surface area contributed by atoms with Crippen LogP contribution in [0.3, 0.4) is 0 Å². The minimum absolute atomic E-state index is 0.0158. The Bertz CT molecular complexity index is 918. The zero-order chi connectivity index (χ0) is 19.4. The van der Waals surface area contributed by atoms with Crippen LogP contribution in [0.5, 0.6) is 0 Å². The number of carbonyl (C=O) groups excluding carboxylic acids is 1. The molecule has 0 atom stereocenters. The number of benzene rings is 1. The quantitative estimate of drug-likeness (QED) is 0.601. The number of hydrogen-bond donors (Lipinski definition) is 0. The summed E-state index contributed by atoms with van der Waals surface area (Å²) in [5.41, 5.74) is 0.950. The highest BCUT2D eigenvalue weighted by Gasteiger charge is 2.24. The monoisotopic (exact) mass is 367 g/mol. The summed E-state index contributed by atoms with van der Waals surface area (Å²) in [5, 5.41) is 20.0. The molecule has 2 heterocycles. The summed E-state index contributed by atoms with van der Waals surface area (Å²) < 4.78 is 5.72. The molecule has 3 rings (SSSR count). The van der Waals surface area contributed by atoms with Gasteiger partial charge in [-0.15, -0.1) is 0 Å². The van der Waals surface area contributed by atoms with Crippen LogP contribution in [0.15, 0.2) is 28.7 Å². The van der Waals surface area contributed by atoms with E-state index in [9.17, 15) is 20.2 Å². The van der Waals surface area contributed by atoms with Gasteiger partial charge in [0.2, 0.25) is 23.4 Å². The largest absolute Gasteiger partial charge is 0.420 e. The molecule has 9 heteroatoms. The SMILES string of the molecule is CC(=O)N1CCN(c2oc(/C=C/c3ccc([N+](=O)[O-])cc3)nc2C#N)CC1. The summed E-state index contributed by atoms with van der Waals surface area (Å²) in [5.74, 6) is 0.692. The number of anilines is 1. The molecule has 1 amide bonds. The van der Waals surface area contributed by atoms with Crippen LogP contribution in [-0.4, -0.2) is 46.9 Å².